The van der Waals surface area contributed by atoms with Crippen LogP contribution in [-0.4, -0.2) is 17.3 Å². The number of alkyl halides is 1. The molecule has 0 spiro atoms. The molecule has 1 aromatic heterocycles. The highest BCUT2D eigenvalue weighted by Gasteiger charge is 2.21. The molecule has 0 bridgehead atoms. The zero-order valence-corrected chi connectivity index (χ0v) is 12.4. The van der Waals surface area contributed by atoms with Gasteiger partial charge in [0.1, 0.15) is 0 Å². The van der Waals surface area contributed by atoms with E-state index in [2.05, 4.69) is 27.9 Å². The standard InChI is InChI=1S/C11H13ClINOS/c12-8-1-3-9(4-2-8)14-11(15)7-5-10(13)16-6-7/h5-6,8-9H,1-4H2,(H,14,15). The number of carbonyl (C=O) groups excluding carboxylic acids is 1. The van der Waals surface area contributed by atoms with Crippen LogP contribution in [0.1, 0.15) is 36.0 Å². The molecular formula is C11H13ClINOS. The van der Waals surface area contributed by atoms with E-state index in [1.54, 1.807) is 11.3 Å². The minimum Gasteiger partial charge on any atom is -0.349 e. The van der Waals surface area contributed by atoms with Gasteiger partial charge in [0.25, 0.3) is 5.91 Å². The van der Waals surface area contributed by atoms with Crippen LogP contribution in [0.15, 0.2) is 11.4 Å². The Morgan fingerprint density at radius 1 is 1.44 bits per heavy atom. The first kappa shape index (κ1) is 12.6. The summed E-state index contributed by atoms with van der Waals surface area (Å²) >= 11 is 9.86. The zero-order valence-electron chi connectivity index (χ0n) is 8.71. The van der Waals surface area contributed by atoms with Gasteiger partial charge in [-0.15, -0.1) is 22.9 Å². The Morgan fingerprint density at radius 3 is 2.69 bits per heavy atom. The summed E-state index contributed by atoms with van der Waals surface area (Å²) in [5.41, 5.74) is 0.780. The minimum absolute atomic E-state index is 0.0530. The Bertz CT molecular complexity index is 374. The van der Waals surface area contributed by atoms with Gasteiger partial charge in [-0.2, -0.15) is 0 Å². The fraction of sp³-hybridized carbons (Fsp3) is 0.545. The van der Waals surface area contributed by atoms with Crippen LogP contribution in [0.2, 0.25) is 0 Å². The molecule has 0 unspecified atom stereocenters. The monoisotopic (exact) mass is 369 g/mol. The van der Waals surface area contributed by atoms with Crippen LogP contribution in [0.5, 0.6) is 0 Å². The number of hydrogen-bond acceptors (Lipinski definition) is 2. The lowest BCUT2D eigenvalue weighted by Crippen LogP contribution is -2.37. The number of amides is 1. The topological polar surface area (TPSA) is 29.1 Å². The van der Waals surface area contributed by atoms with Crippen molar-refractivity contribution >= 4 is 51.4 Å². The van der Waals surface area contributed by atoms with Crippen LogP contribution in [-0.2, 0) is 0 Å². The molecule has 0 radical (unpaired) electrons. The fourth-order valence-electron chi connectivity index (χ4n) is 1.89. The third-order valence-electron chi connectivity index (χ3n) is 2.82. The number of halogens is 2. The van der Waals surface area contributed by atoms with E-state index >= 15 is 0 Å². The van der Waals surface area contributed by atoms with Crippen molar-refractivity contribution < 1.29 is 4.79 Å². The lowest BCUT2D eigenvalue weighted by molar-refractivity contribution is 0.0928. The number of hydrogen-bond donors (Lipinski definition) is 1. The summed E-state index contributed by atoms with van der Waals surface area (Å²) in [5, 5.41) is 5.28. The van der Waals surface area contributed by atoms with Crippen LogP contribution in [0, 0.1) is 2.88 Å². The summed E-state index contributed by atoms with van der Waals surface area (Å²) in [7, 11) is 0. The van der Waals surface area contributed by atoms with Crippen molar-refractivity contribution in [3.63, 3.8) is 0 Å². The summed E-state index contributed by atoms with van der Waals surface area (Å²) in [6.45, 7) is 0. The number of carbonyl (C=O) groups is 1. The molecule has 1 aliphatic carbocycles. The lowest BCUT2D eigenvalue weighted by Gasteiger charge is -2.25. The molecule has 5 heteroatoms. The van der Waals surface area contributed by atoms with Gasteiger partial charge >= 0.3 is 0 Å². The van der Waals surface area contributed by atoms with Crippen molar-refractivity contribution in [2.24, 2.45) is 0 Å². The molecule has 88 valence electrons. The molecule has 16 heavy (non-hydrogen) atoms. The van der Waals surface area contributed by atoms with Gasteiger partial charge in [-0.25, -0.2) is 0 Å². The molecule has 2 nitrogen and oxygen atoms in total. The first-order valence-electron chi connectivity index (χ1n) is 5.34. The van der Waals surface area contributed by atoms with Crippen LogP contribution >= 0.6 is 45.5 Å². The molecule has 2 rings (SSSR count). The first-order chi connectivity index (χ1) is 7.65. The summed E-state index contributed by atoms with van der Waals surface area (Å²) < 4.78 is 1.15. The van der Waals surface area contributed by atoms with Crippen LogP contribution in [0.4, 0.5) is 0 Å². The Labute approximate surface area is 118 Å². The van der Waals surface area contributed by atoms with Gasteiger partial charge < -0.3 is 5.32 Å². The molecule has 0 saturated heterocycles. The maximum absolute atomic E-state index is 11.9. The smallest absolute Gasteiger partial charge is 0.252 e. The molecule has 0 atom stereocenters. The highest BCUT2D eigenvalue weighted by molar-refractivity contribution is 14.1. The molecule has 1 heterocycles. The van der Waals surface area contributed by atoms with E-state index in [-0.39, 0.29) is 5.91 Å². The molecule has 1 saturated carbocycles. The molecule has 0 aliphatic heterocycles. The van der Waals surface area contributed by atoms with E-state index in [0.717, 1.165) is 34.1 Å². The number of thiophene rings is 1. The van der Waals surface area contributed by atoms with Crippen molar-refractivity contribution in [2.45, 2.75) is 37.1 Å². The molecule has 1 aromatic rings. The highest BCUT2D eigenvalue weighted by atomic mass is 127. The highest BCUT2D eigenvalue weighted by Crippen LogP contribution is 2.23. The average molecular weight is 370 g/mol. The Kier molecular flexibility index (Phi) is 4.49. The fourth-order valence-corrected chi connectivity index (χ4v) is 3.47. The second-order valence-corrected chi connectivity index (χ2v) is 7.48. The second-order valence-electron chi connectivity index (χ2n) is 4.06. The van der Waals surface area contributed by atoms with Crippen LogP contribution in [0.3, 0.4) is 0 Å². The van der Waals surface area contributed by atoms with Gasteiger partial charge in [-0.1, -0.05) is 0 Å². The summed E-state index contributed by atoms with van der Waals surface area (Å²) in [6, 6.07) is 2.23. The lowest BCUT2D eigenvalue weighted by atomic mass is 9.95. The predicted octanol–water partition coefficient (Wildman–Crippen LogP) is 3.63. The van der Waals surface area contributed by atoms with E-state index in [9.17, 15) is 4.79 Å². The first-order valence-corrected chi connectivity index (χ1v) is 7.73. The average Bonchev–Trinajstić information content (AvgIpc) is 2.68. The number of nitrogens with one attached hydrogen (secondary N) is 1. The minimum atomic E-state index is 0.0530. The summed E-state index contributed by atoms with van der Waals surface area (Å²) in [6.07, 6.45) is 4.02. The van der Waals surface area contributed by atoms with E-state index in [0.29, 0.717) is 11.4 Å². The normalized spacial score (nSPS) is 25.4. The summed E-state index contributed by atoms with van der Waals surface area (Å²) in [4.78, 5) is 11.9. The Morgan fingerprint density at radius 2 is 2.12 bits per heavy atom. The molecule has 1 amide bonds. The van der Waals surface area contributed by atoms with E-state index in [1.165, 1.54) is 0 Å². The van der Waals surface area contributed by atoms with Crippen molar-refractivity contribution in [1.29, 1.82) is 0 Å². The van der Waals surface area contributed by atoms with E-state index in [1.807, 2.05) is 11.4 Å². The zero-order chi connectivity index (χ0) is 11.5. The van der Waals surface area contributed by atoms with Crippen LogP contribution in [0.25, 0.3) is 0 Å². The molecule has 0 aromatic carbocycles. The molecule has 1 N–H and O–H groups in total. The van der Waals surface area contributed by atoms with Crippen LogP contribution < -0.4 is 5.32 Å². The van der Waals surface area contributed by atoms with Gasteiger partial charge in [0.15, 0.2) is 0 Å². The van der Waals surface area contributed by atoms with Crippen molar-refractivity contribution in [1.82, 2.24) is 5.32 Å². The molecule has 1 fully saturated rings. The van der Waals surface area contributed by atoms with E-state index < -0.39 is 0 Å². The quantitative estimate of drug-likeness (QED) is 0.626. The Balaban J connectivity index is 1.88. The molecule has 1 aliphatic rings. The Hall–Kier alpha value is 0.190. The molecular weight excluding hydrogens is 357 g/mol. The SMILES string of the molecule is O=C(NC1CCC(Cl)CC1)c1csc(I)c1. The maximum atomic E-state index is 11.9. The van der Waals surface area contributed by atoms with Crippen molar-refractivity contribution in [3.05, 3.63) is 19.9 Å². The second kappa shape index (κ2) is 5.69. The largest absolute Gasteiger partial charge is 0.349 e. The maximum Gasteiger partial charge on any atom is 0.252 e. The van der Waals surface area contributed by atoms with Crippen molar-refractivity contribution in [2.75, 3.05) is 0 Å². The third-order valence-corrected chi connectivity index (χ3v) is 5.05. The van der Waals surface area contributed by atoms with Gasteiger partial charge in [0.2, 0.25) is 0 Å². The summed E-state index contributed by atoms with van der Waals surface area (Å²) in [5.74, 6) is 0.0530. The number of rotatable bonds is 2. The predicted molar refractivity (Wildman–Crippen MR) is 76.4 cm³/mol. The van der Waals surface area contributed by atoms with Gasteiger partial charge in [-0.3, -0.25) is 4.79 Å². The third kappa shape index (κ3) is 3.34. The van der Waals surface area contributed by atoms with Gasteiger partial charge in [-0.05, 0) is 54.3 Å². The van der Waals surface area contributed by atoms with E-state index in [4.69, 9.17) is 11.6 Å². The van der Waals surface area contributed by atoms with Crippen molar-refractivity contribution in [3.8, 4) is 0 Å². The van der Waals surface area contributed by atoms with Gasteiger partial charge in [0.05, 0.1) is 8.45 Å². The van der Waals surface area contributed by atoms with Gasteiger partial charge in [0, 0.05) is 16.8 Å².